The lowest BCUT2D eigenvalue weighted by Gasteiger charge is -2.00. The van der Waals surface area contributed by atoms with Gasteiger partial charge in [0.25, 0.3) is 5.52 Å². The highest BCUT2D eigenvalue weighted by Crippen LogP contribution is 2.12. The number of benzene rings is 1. The van der Waals surface area contributed by atoms with Crippen molar-refractivity contribution in [2.45, 2.75) is 0 Å². The number of hydrogen-bond acceptors (Lipinski definition) is 2. The maximum atomic E-state index is 9.42. The molecule has 1 aromatic carbocycles. The van der Waals surface area contributed by atoms with E-state index in [1.54, 1.807) is 24.4 Å². The van der Waals surface area contributed by atoms with E-state index >= 15 is 0 Å². The highest BCUT2D eigenvalue weighted by Gasteiger charge is 2.10. The van der Waals surface area contributed by atoms with Crippen molar-refractivity contribution in [2.24, 2.45) is 0 Å². The van der Waals surface area contributed by atoms with Gasteiger partial charge in [0, 0.05) is 22.2 Å². The molecule has 0 saturated carbocycles. The van der Waals surface area contributed by atoms with Crippen molar-refractivity contribution in [1.29, 1.82) is 0 Å². The molecule has 0 atom stereocenters. The molecule has 3 nitrogen and oxygen atoms in total. The lowest BCUT2D eigenvalue weighted by molar-refractivity contribution is -0.884. The van der Waals surface area contributed by atoms with Gasteiger partial charge >= 0.3 is 0 Å². The van der Waals surface area contributed by atoms with Crippen LogP contribution in [0, 0.1) is 0 Å². The molecular formula is C9H9BNO2+. The quantitative estimate of drug-likeness (QED) is 0.316. The van der Waals surface area contributed by atoms with E-state index in [0.717, 1.165) is 15.6 Å². The van der Waals surface area contributed by atoms with Crippen LogP contribution in [0.5, 0.6) is 5.75 Å². The van der Waals surface area contributed by atoms with Crippen molar-refractivity contribution in [3.05, 3.63) is 30.5 Å². The molecule has 0 fully saturated rings. The average molecular weight is 174 g/mol. The third kappa shape index (κ3) is 1.11. The summed E-state index contributed by atoms with van der Waals surface area (Å²) in [6.07, 6.45) is 1.55. The van der Waals surface area contributed by atoms with Crippen molar-refractivity contribution in [3.63, 3.8) is 0 Å². The highest BCUT2D eigenvalue weighted by atomic mass is 16.5. The summed E-state index contributed by atoms with van der Waals surface area (Å²) in [5.74, 6) is 0.249. The van der Waals surface area contributed by atoms with Gasteiger partial charge in [-0.05, 0) is 17.6 Å². The van der Waals surface area contributed by atoms with E-state index < -0.39 is 0 Å². The van der Waals surface area contributed by atoms with Gasteiger partial charge in [0.1, 0.15) is 13.6 Å². The molecule has 1 aromatic heterocycles. The Kier molecular flexibility index (Phi) is 1.62. The second kappa shape index (κ2) is 2.66. The van der Waals surface area contributed by atoms with Crippen molar-refractivity contribution in [2.75, 3.05) is 0 Å². The first-order valence-electron chi connectivity index (χ1n) is 4.02. The Labute approximate surface area is 76.2 Å². The summed E-state index contributed by atoms with van der Waals surface area (Å²) in [6.45, 7) is 0. The van der Waals surface area contributed by atoms with Crippen LogP contribution < -0.4 is 10.2 Å². The number of aromatic hydroxyl groups is 1. The molecule has 2 aromatic rings. The molecule has 0 saturated heterocycles. The molecule has 4 heteroatoms. The number of fused-ring (bicyclic) bond motifs is 1. The molecule has 0 aliphatic carbocycles. The maximum absolute atomic E-state index is 9.42. The van der Waals surface area contributed by atoms with Crippen LogP contribution in [0.1, 0.15) is 0 Å². The number of rotatable bonds is 0. The van der Waals surface area contributed by atoms with Gasteiger partial charge in [0.05, 0.1) is 0 Å². The van der Waals surface area contributed by atoms with Gasteiger partial charge < -0.3 is 5.11 Å². The second-order valence-corrected chi connectivity index (χ2v) is 3.00. The SMILES string of the molecule is Bc1c(O)ccc2c1ccc[n+]2O. The van der Waals surface area contributed by atoms with Crippen LogP contribution in [0.2, 0.25) is 0 Å². The van der Waals surface area contributed by atoms with E-state index in [1.807, 2.05) is 13.9 Å². The van der Waals surface area contributed by atoms with E-state index in [2.05, 4.69) is 0 Å². The van der Waals surface area contributed by atoms with E-state index in [4.69, 9.17) is 0 Å². The van der Waals surface area contributed by atoms with Crippen molar-refractivity contribution >= 4 is 24.2 Å². The summed E-state index contributed by atoms with van der Waals surface area (Å²) in [6, 6.07) is 6.84. The Morgan fingerprint density at radius 2 is 2.00 bits per heavy atom. The monoisotopic (exact) mass is 174 g/mol. The van der Waals surface area contributed by atoms with Gasteiger partial charge in [-0.1, -0.05) is 0 Å². The van der Waals surface area contributed by atoms with Crippen LogP contribution in [-0.4, -0.2) is 18.2 Å². The van der Waals surface area contributed by atoms with Gasteiger partial charge in [0.15, 0.2) is 0 Å². The first kappa shape index (κ1) is 7.92. The van der Waals surface area contributed by atoms with Gasteiger partial charge in [0.2, 0.25) is 6.20 Å². The van der Waals surface area contributed by atoms with Crippen LogP contribution in [0.25, 0.3) is 10.9 Å². The van der Waals surface area contributed by atoms with E-state index in [9.17, 15) is 10.3 Å². The minimum Gasteiger partial charge on any atom is -0.509 e. The number of phenols is 1. The zero-order valence-corrected chi connectivity index (χ0v) is 7.23. The van der Waals surface area contributed by atoms with Gasteiger partial charge in [-0.3, -0.25) is 5.21 Å². The number of nitrogens with zero attached hydrogens (tertiary/aromatic N) is 1. The molecule has 0 amide bonds. The summed E-state index contributed by atoms with van der Waals surface area (Å²) in [4.78, 5) is 0. The maximum Gasteiger partial charge on any atom is 0.264 e. The molecule has 0 bridgehead atoms. The molecule has 0 aliphatic heterocycles. The fraction of sp³-hybridized carbons (Fsp3) is 0. The van der Waals surface area contributed by atoms with Gasteiger partial charge in [-0.25, -0.2) is 0 Å². The van der Waals surface area contributed by atoms with Crippen LogP contribution in [-0.2, 0) is 0 Å². The Morgan fingerprint density at radius 3 is 2.77 bits per heavy atom. The Bertz CT molecular complexity index is 470. The first-order valence-corrected chi connectivity index (χ1v) is 4.02. The van der Waals surface area contributed by atoms with Gasteiger partial charge in [-0.2, -0.15) is 0 Å². The zero-order valence-electron chi connectivity index (χ0n) is 7.23. The number of phenolic OH excluding ortho intramolecular Hbond substituents is 1. The predicted octanol–water partition coefficient (Wildman–Crippen LogP) is -0.671. The van der Waals surface area contributed by atoms with Crippen LogP contribution >= 0.6 is 0 Å². The summed E-state index contributed by atoms with van der Waals surface area (Å²) in [5, 5.41) is 19.7. The summed E-state index contributed by atoms with van der Waals surface area (Å²) >= 11 is 0. The van der Waals surface area contributed by atoms with Crippen LogP contribution in [0.15, 0.2) is 30.5 Å². The highest BCUT2D eigenvalue weighted by molar-refractivity contribution is 6.40. The van der Waals surface area contributed by atoms with E-state index in [0.29, 0.717) is 5.52 Å². The Morgan fingerprint density at radius 1 is 1.23 bits per heavy atom. The lowest BCUT2D eigenvalue weighted by atomic mass is 9.90. The third-order valence-corrected chi connectivity index (χ3v) is 2.20. The smallest absolute Gasteiger partial charge is 0.264 e. The molecule has 64 valence electrons. The molecule has 0 spiro atoms. The normalized spacial score (nSPS) is 10.5. The van der Waals surface area contributed by atoms with Crippen molar-refractivity contribution in [3.8, 4) is 5.75 Å². The first-order chi connectivity index (χ1) is 6.20. The standard InChI is InChI=1S/C9H8BNO2/c10-9-6-2-1-5-11(13)7(6)3-4-8(9)12/h1-5H,10H2,(H-,12,13)/p+1. The minimum atomic E-state index is 0.249. The van der Waals surface area contributed by atoms with Crippen molar-refractivity contribution < 1.29 is 15.0 Å². The van der Waals surface area contributed by atoms with Crippen LogP contribution in [0.3, 0.4) is 0 Å². The predicted molar refractivity (Wildman–Crippen MR) is 51.2 cm³/mol. The Hall–Kier alpha value is -1.71. The topological polar surface area (TPSA) is 44.3 Å². The summed E-state index contributed by atoms with van der Waals surface area (Å²) < 4.78 is 1.04. The molecule has 13 heavy (non-hydrogen) atoms. The van der Waals surface area contributed by atoms with Crippen LogP contribution in [0.4, 0.5) is 0 Å². The fourth-order valence-electron chi connectivity index (χ4n) is 1.41. The van der Waals surface area contributed by atoms with Crippen molar-refractivity contribution in [1.82, 2.24) is 0 Å². The number of pyridine rings is 1. The second-order valence-electron chi connectivity index (χ2n) is 3.00. The molecule has 0 unspecified atom stereocenters. The molecule has 1 heterocycles. The third-order valence-electron chi connectivity index (χ3n) is 2.20. The summed E-state index contributed by atoms with van der Waals surface area (Å²) in [5.41, 5.74) is 1.47. The lowest BCUT2D eigenvalue weighted by Crippen LogP contribution is -2.31. The zero-order chi connectivity index (χ0) is 9.42. The number of aromatic nitrogens is 1. The number of hydrogen-bond donors (Lipinski definition) is 2. The molecule has 2 N–H and O–H groups in total. The average Bonchev–Trinajstić information content (AvgIpc) is 2.12. The molecule has 0 aliphatic rings. The molecule has 0 radical (unpaired) electrons. The van der Waals surface area contributed by atoms with E-state index in [-0.39, 0.29) is 5.75 Å². The fourth-order valence-corrected chi connectivity index (χ4v) is 1.41. The largest absolute Gasteiger partial charge is 0.509 e. The summed E-state index contributed by atoms with van der Waals surface area (Å²) in [7, 11) is 1.82. The minimum absolute atomic E-state index is 0.249. The van der Waals surface area contributed by atoms with E-state index in [1.165, 1.54) is 0 Å². The Balaban J connectivity index is 2.94. The molecular weight excluding hydrogens is 165 g/mol. The van der Waals surface area contributed by atoms with Gasteiger partial charge in [-0.15, -0.1) is 0 Å². The molecule has 2 rings (SSSR count).